The molecule has 0 fully saturated rings. The van der Waals surface area contributed by atoms with Crippen LogP contribution in [0.1, 0.15) is 46.0 Å². The molecule has 2 N–H and O–H groups in total. The predicted molar refractivity (Wildman–Crippen MR) is 83.6 cm³/mol. The highest BCUT2D eigenvalue weighted by Crippen LogP contribution is 2.20. The van der Waals surface area contributed by atoms with Gasteiger partial charge in [-0.15, -0.1) is 0 Å². The zero-order chi connectivity index (χ0) is 15.3. The van der Waals surface area contributed by atoms with Gasteiger partial charge in [0.15, 0.2) is 0 Å². The van der Waals surface area contributed by atoms with Crippen LogP contribution in [-0.4, -0.2) is 23.9 Å². The van der Waals surface area contributed by atoms with Gasteiger partial charge in [-0.25, -0.2) is 0 Å². The summed E-state index contributed by atoms with van der Waals surface area (Å²) in [5.41, 5.74) is -0.374. The molecule has 1 atom stereocenters. The summed E-state index contributed by atoms with van der Waals surface area (Å²) in [6.45, 7) is 4.53. The van der Waals surface area contributed by atoms with Gasteiger partial charge in [0.25, 0.3) is 0 Å². The summed E-state index contributed by atoms with van der Waals surface area (Å²) in [5.74, 6) is 0.323. The van der Waals surface area contributed by atoms with E-state index in [9.17, 15) is 9.59 Å². The van der Waals surface area contributed by atoms with Crippen LogP contribution in [-0.2, 0) is 9.59 Å². The Morgan fingerprint density at radius 1 is 1.00 bits per heavy atom. The monoisotopic (exact) mass is 290 g/mol. The highest BCUT2D eigenvalue weighted by molar-refractivity contribution is 5.81. The van der Waals surface area contributed by atoms with Crippen molar-refractivity contribution in [2.75, 3.05) is 6.54 Å². The van der Waals surface area contributed by atoms with E-state index in [1.807, 2.05) is 13.8 Å². The highest BCUT2D eigenvalue weighted by Gasteiger charge is 2.30. The molecule has 4 nitrogen and oxygen atoms in total. The zero-order valence-corrected chi connectivity index (χ0v) is 13.0. The Morgan fingerprint density at radius 3 is 1.95 bits per heavy atom. The molecule has 0 saturated heterocycles. The second-order valence-corrected chi connectivity index (χ2v) is 6.40. The van der Waals surface area contributed by atoms with Gasteiger partial charge in [0.05, 0.1) is 5.54 Å². The quantitative estimate of drug-likeness (QED) is 0.738. The number of hydrogen-bond donors (Lipinski definition) is 2. The van der Waals surface area contributed by atoms with Crippen LogP contribution < -0.4 is 10.6 Å². The first kappa shape index (κ1) is 15.8. The summed E-state index contributed by atoms with van der Waals surface area (Å²) in [4.78, 5) is 24.3. The predicted octanol–water partition coefficient (Wildman–Crippen LogP) is 2.32. The largest absolute Gasteiger partial charge is 0.354 e. The third kappa shape index (κ3) is 4.19. The van der Waals surface area contributed by atoms with Crippen molar-refractivity contribution in [2.24, 2.45) is 11.8 Å². The van der Waals surface area contributed by atoms with E-state index >= 15 is 0 Å². The fourth-order valence-corrected chi connectivity index (χ4v) is 2.75. The van der Waals surface area contributed by atoms with E-state index in [1.54, 1.807) is 0 Å². The molecule has 2 aliphatic carbocycles. The summed E-state index contributed by atoms with van der Waals surface area (Å²) in [5, 5.41) is 6.12. The molecule has 116 valence electrons. The van der Waals surface area contributed by atoms with E-state index in [0.29, 0.717) is 6.54 Å². The molecule has 0 spiro atoms. The summed E-state index contributed by atoms with van der Waals surface area (Å²) < 4.78 is 0. The van der Waals surface area contributed by atoms with Crippen LogP contribution in [0.15, 0.2) is 24.3 Å². The van der Waals surface area contributed by atoms with E-state index in [-0.39, 0.29) is 29.2 Å². The standard InChI is InChI=1S/C17H26N2O2/c1-3-17(2,19-16(21)14-10-6-7-11-14)12-18-15(20)13-8-4-5-9-13/h4-7,13-14H,3,8-12H2,1-2H3,(H,18,20)(H,19,21)/t17-/m0/s1. The maximum absolute atomic E-state index is 12.2. The molecule has 21 heavy (non-hydrogen) atoms. The van der Waals surface area contributed by atoms with Gasteiger partial charge >= 0.3 is 0 Å². The summed E-state index contributed by atoms with van der Waals surface area (Å²) in [6, 6.07) is 0. The Labute approximate surface area is 127 Å². The van der Waals surface area contributed by atoms with Gasteiger partial charge in [-0.1, -0.05) is 31.2 Å². The van der Waals surface area contributed by atoms with Crippen LogP contribution in [0.25, 0.3) is 0 Å². The van der Waals surface area contributed by atoms with Crippen molar-refractivity contribution in [3.05, 3.63) is 24.3 Å². The van der Waals surface area contributed by atoms with Crippen LogP contribution in [0, 0.1) is 11.8 Å². The first-order chi connectivity index (χ1) is 10.0. The zero-order valence-electron chi connectivity index (χ0n) is 13.0. The molecule has 0 aromatic rings. The lowest BCUT2D eigenvalue weighted by Crippen LogP contribution is -2.55. The van der Waals surface area contributed by atoms with Gasteiger partial charge < -0.3 is 10.6 Å². The summed E-state index contributed by atoms with van der Waals surface area (Å²) in [6.07, 6.45) is 12.3. The molecular formula is C17H26N2O2. The average molecular weight is 290 g/mol. The van der Waals surface area contributed by atoms with Gasteiger partial charge in [-0.2, -0.15) is 0 Å². The maximum atomic E-state index is 12.2. The Balaban J connectivity index is 1.81. The lowest BCUT2D eigenvalue weighted by atomic mass is 9.95. The second-order valence-electron chi connectivity index (χ2n) is 6.40. The van der Waals surface area contributed by atoms with Crippen molar-refractivity contribution in [1.82, 2.24) is 10.6 Å². The number of rotatable bonds is 6. The smallest absolute Gasteiger partial charge is 0.224 e. The molecule has 2 aliphatic rings. The fraction of sp³-hybridized carbons (Fsp3) is 0.647. The lowest BCUT2D eigenvalue weighted by molar-refractivity contribution is -0.128. The molecule has 0 saturated carbocycles. The van der Waals surface area contributed by atoms with Crippen molar-refractivity contribution in [1.29, 1.82) is 0 Å². The summed E-state index contributed by atoms with van der Waals surface area (Å²) >= 11 is 0. The molecule has 2 rings (SSSR count). The average Bonchev–Trinajstić information content (AvgIpc) is 3.16. The third-order valence-electron chi connectivity index (χ3n) is 4.62. The Kier molecular flexibility index (Phi) is 5.21. The molecule has 0 aromatic heterocycles. The van der Waals surface area contributed by atoms with Crippen molar-refractivity contribution >= 4 is 11.8 Å². The molecule has 4 heteroatoms. The van der Waals surface area contributed by atoms with Crippen LogP contribution in [0.4, 0.5) is 0 Å². The third-order valence-corrected chi connectivity index (χ3v) is 4.62. The minimum Gasteiger partial charge on any atom is -0.354 e. The minimum atomic E-state index is -0.374. The van der Waals surface area contributed by atoms with Crippen molar-refractivity contribution < 1.29 is 9.59 Å². The number of carbonyl (C=O) groups excluding carboxylic acids is 2. The van der Waals surface area contributed by atoms with E-state index in [0.717, 1.165) is 32.1 Å². The Hall–Kier alpha value is -1.58. The van der Waals surface area contributed by atoms with Crippen molar-refractivity contribution in [2.45, 2.75) is 51.5 Å². The SMILES string of the molecule is CC[C@@](C)(CNC(=O)C1CC=CC1)NC(=O)C1CC=CC1. The molecule has 0 bridgehead atoms. The lowest BCUT2D eigenvalue weighted by Gasteiger charge is -2.31. The Morgan fingerprint density at radius 2 is 1.48 bits per heavy atom. The van der Waals surface area contributed by atoms with E-state index < -0.39 is 0 Å². The van der Waals surface area contributed by atoms with Crippen LogP contribution in [0.2, 0.25) is 0 Å². The van der Waals surface area contributed by atoms with Crippen LogP contribution in [0.5, 0.6) is 0 Å². The number of carbonyl (C=O) groups is 2. The molecule has 0 radical (unpaired) electrons. The van der Waals surface area contributed by atoms with Gasteiger partial charge in [-0.3, -0.25) is 9.59 Å². The Bertz CT molecular complexity index is 440. The van der Waals surface area contributed by atoms with Crippen molar-refractivity contribution in [3.8, 4) is 0 Å². The minimum absolute atomic E-state index is 0.0607. The molecule has 0 aliphatic heterocycles. The van der Waals surface area contributed by atoms with Gasteiger partial charge in [0.2, 0.25) is 11.8 Å². The maximum Gasteiger partial charge on any atom is 0.224 e. The molecule has 0 aromatic carbocycles. The van der Waals surface area contributed by atoms with Gasteiger partial charge in [0, 0.05) is 18.4 Å². The highest BCUT2D eigenvalue weighted by atomic mass is 16.2. The number of nitrogens with one attached hydrogen (secondary N) is 2. The van der Waals surface area contributed by atoms with Gasteiger partial charge in [-0.05, 0) is 39.0 Å². The van der Waals surface area contributed by atoms with E-state index in [1.165, 1.54) is 0 Å². The molecule has 0 unspecified atom stereocenters. The van der Waals surface area contributed by atoms with Gasteiger partial charge in [0.1, 0.15) is 0 Å². The molecule has 0 heterocycles. The summed E-state index contributed by atoms with van der Waals surface area (Å²) in [7, 11) is 0. The van der Waals surface area contributed by atoms with E-state index in [2.05, 4.69) is 34.9 Å². The van der Waals surface area contributed by atoms with Crippen LogP contribution in [0.3, 0.4) is 0 Å². The van der Waals surface area contributed by atoms with Crippen LogP contribution >= 0.6 is 0 Å². The second kappa shape index (κ2) is 6.92. The fourth-order valence-electron chi connectivity index (χ4n) is 2.75. The molecular weight excluding hydrogens is 264 g/mol. The first-order valence-electron chi connectivity index (χ1n) is 7.94. The van der Waals surface area contributed by atoms with E-state index in [4.69, 9.17) is 0 Å². The normalized spacial score (nSPS) is 21.4. The number of amides is 2. The van der Waals surface area contributed by atoms with Crippen molar-refractivity contribution in [3.63, 3.8) is 0 Å². The number of hydrogen-bond acceptors (Lipinski definition) is 2. The first-order valence-corrected chi connectivity index (χ1v) is 7.94. The molecule has 2 amide bonds. The number of allylic oxidation sites excluding steroid dienone is 4. The topological polar surface area (TPSA) is 58.2 Å².